The minimum absolute atomic E-state index is 0.0596. The molecule has 2 N–H and O–H groups in total. The molecule has 1 aromatic heterocycles. The molecule has 3 nitrogen and oxygen atoms in total. The van der Waals surface area contributed by atoms with Crippen LogP contribution in [0.5, 0.6) is 0 Å². The van der Waals surface area contributed by atoms with Crippen LogP contribution in [0.2, 0.25) is 0 Å². The number of rotatable bonds is 4. The van der Waals surface area contributed by atoms with Gasteiger partial charge in [0.15, 0.2) is 0 Å². The summed E-state index contributed by atoms with van der Waals surface area (Å²) in [6, 6.07) is 17.0. The Bertz CT molecular complexity index is 745. The molecule has 0 saturated heterocycles. The van der Waals surface area contributed by atoms with E-state index < -0.39 is 0 Å². The number of nitrogens with two attached hydrogens (primary N) is 1. The molecule has 3 heteroatoms. The molecule has 2 unspecified atom stereocenters. The van der Waals surface area contributed by atoms with Crippen molar-refractivity contribution >= 4 is 11.0 Å². The van der Waals surface area contributed by atoms with Gasteiger partial charge < -0.3 is 10.3 Å². The molecule has 2 aromatic carbocycles. The van der Waals surface area contributed by atoms with Crippen molar-refractivity contribution in [2.75, 3.05) is 0 Å². The Balaban J connectivity index is 2.16. The van der Waals surface area contributed by atoms with E-state index in [-0.39, 0.29) is 12.1 Å². The number of nitrogens with zero attached hydrogens (tertiary/aromatic N) is 2. The second-order valence-corrected chi connectivity index (χ2v) is 5.57. The molecule has 3 rings (SSSR count). The molecule has 0 radical (unpaired) electrons. The van der Waals surface area contributed by atoms with Crippen LogP contribution in [0.25, 0.3) is 11.0 Å². The lowest BCUT2D eigenvalue weighted by Gasteiger charge is -2.26. The third-order valence-electron chi connectivity index (χ3n) is 4.04. The summed E-state index contributed by atoms with van der Waals surface area (Å²) in [5.74, 6) is 0. The van der Waals surface area contributed by atoms with E-state index in [2.05, 4.69) is 53.7 Å². The van der Waals surface area contributed by atoms with Crippen LogP contribution in [0.4, 0.5) is 0 Å². The number of aryl methyl sites for hydroxylation is 1. The van der Waals surface area contributed by atoms with E-state index in [0.717, 1.165) is 17.5 Å². The van der Waals surface area contributed by atoms with Gasteiger partial charge in [0.05, 0.1) is 23.4 Å². The van der Waals surface area contributed by atoms with Gasteiger partial charge >= 0.3 is 0 Å². The maximum Gasteiger partial charge on any atom is 0.0964 e. The monoisotopic (exact) mass is 279 g/mol. The summed E-state index contributed by atoms with van der Waals surface area (Å²) >= 11 is 0. The van der Waals surface area contributed by atoms with Crippen LogP contribution in [-0.2, 0) is 0 Å². The molecule has 0 fully saturated rings. The molecule has 108 valence electrons. The Labute approximate surface area is 125 Å². The molecule has 0 spiro atoms. The number of para-hydroxylation sites is 2. The zero-order valence-corrected chi connectivity index (χ0v) is 12.5. The smallest absolute Gasteiger partial charge is 0.0964 e. The van der Waals surface area contributed by atoms with Crippen LogP contribution in [0.1, 0.15) is 30.5 Å². The van der Waals surface area contributed by atoms with Gasteiger partial charge in [-0.05, 0) is 31.0 Å². The first-order valence-electron chi connectivity index (χ1n) is 7.44. The highest BCUT2D eigenvalue weighted by molar-refractivity contribution is 5.75. The molecular formula is C18H21N3. The number of imidazole rings is 1. The molecule has 3 aromatic rings. The van der Waals surface area contributed by atoms with Crippen LogP contribution in [-0.4, -0.2) is 15.6 Å². The van der Waals surface area contributed by atoms with Crippen molar-refractivity contribution in [3.8, 4) is 0 Å². The van der Waals surface area contributed by atoms with Crippen LogP contribution in [0, 0.1) is 6.92 Å². The Morgan fingerprint density at radius 2 is 1.95 bits per heavy atom. The summed E-state index contributed by atoms with van der Waals surface area (Å²) in [5.41, 5.74) is 11.1. The summed E-state index contributed by atoms with van der Waals surface area (Å²) < 4.78 is 2.21. The molecule has 0 bridgehead atoms. The van der Waals surface area contributed by atoms with Crippen LogP contribution in [0.3, 0.4) is 0 Å². The first-order valence-corrected chi connectivity index (χ1v) is 7.44. The molecule has 21 heavy (non-hydrogen) atoms. The number of aromatic nitrogens is 2. The topological polar surface area (TPSA) is 43.8 Å². The lowest BCUT2D eigenvalue weighted by molar-refractivity contribution is 0.467. The lowest BCUT2D eigenvalue weighted by Crippen LogP contribution is -2.32. The van der Waals surface area contributed by atoms with Gasteiger partial charge in [0.1, 0.15) is 0 Å². The average Bonchev–Trinajstić information content (AvgIpc) is 2.91. The molecule has 0 aliphatic heterocycles. The summed E-state index contributed by atoms with van der Waals surface area (Å²) in [5, 5.41) is 0. The molecule has 0 amide bonds. The van der Waals surface area contributed by atoms with Crippen LogP contribution in [0.15, 0.2) is 54.9 Å². The zero-order chi connectivity index (χ0) is 14.8. The van der Waals surface area contributed by atoms with E-state index in [4.69, 9.17) is 5.73 Å². The minimum Gasteiger partial charge on any atom is -0.326 e. The fourth-order valence-corrected chi connectivity index (χ4v) is 2.89. The Morgan fingerprint density at radius 1 is 1.14 bits per heavy atom. The third kappa shape index (κ3) is 2.57. The van der Waals surface area contributed by atoms with Crippen molar-refractivity contribution in [2.24, 2.45) is 5.73 Å². The Morgan fingerprint density at radius 3 is 2.71 bits per heavy atom. The van der Waals surface area contributed by atoms with Crippen molar-refractivity contribution in [1.82, 2.24) is 9.55 Å². The fourth-order valence-electron chi connectivity index (χ4n) is 2.89. The summed E-state index contributed by atoms with van der Waals surface area (Å²) in [6.45, 7) is 4.25. The maximum atomic E-state index is 6.43. The highest BCUT2D eigenvalue weighted by atomic mass is 15.1. The first-order chi connectivity index (χ1) is 10.2. The Kier molecular flexibility index (Phi) is 3.76. The fraction of sp³-hybridized carbons (Fsp3) is 0.278. The first kappa shape index (κ1) is 13.8. The zero-order valence-electron chi connectivity index (χ0n) is 12.5. The summed E-state index contributed by atoms with van der Waals surface area (Å²) in [6.07, 6.45) is 2.83. The van der Waals surface area contributed by atoms with E-state index in [0.29, 0.717) is 0 Å². The summed E-state index contributed by atoms with van der Waals surface area (Å²) in [4.78, 5) is 4.51. The van der Waals surface area contributed by atoms with E-state index in [1.807, 2.05) is 24.5 Å². The standard InChI is InChI=1S/C18H21N3/c1-3-15(19)18(14-8-6-7-13(2)11-14)21-12-20-16-9-4-5-10-17(16)21/h4-12,15,18H,3,19H2,1-2H3. The van der Waals surface area contributed by atoms with Gasteiger partial charge in [-0.1, -0.05) is 48.9 Å². The highest BCUT2D eigenvalue weighted by Crippen LogP contribution is 2.27. The molecule has 2 atom stereocenters. The molecular weight excluding hydrogens is 258 g/mol. The van der Waals surface area contributed by atoms with Gasteiger partial charge in [0, 0.05) is 6.04 Å². The molecule has 1 heterocycles. The lowest BCUT2D eigenvalue weighted by atomic mass is 9.96. The van der Waals surface area contributed by atoms with Crippen LogP contribution < -0.4 is 5.73 Å². The second-order valence-electron chi connectivity index (χ2n) is 5.57. The normalized spacial score (nSPS) is 14.2. The average molecular weight is 279 g/mol. The maximum absolute atomic E-state index is 6.43. The van der Waals surface area contributed by atoms with Crippen molar-refractivity contribution < 1.29 is 0 Å². The predicted molar refractivity (Wildman–Crippen MR) is 87.3 cm³/mol. The number of fused-ring (bicyclic) bond motifs is 1. The minimum atomic E-state index is 0.0596. The highest BCUT2D eigenvalue weighted by Gasteiger charge is 2.22. The van der Waals surface area contributed by atoms with E-state index in [9.17, 15) is 0 Å². The van der Waals surface area contributed by atoms with Gasteiger partial charge in [0.2, 0.25) is 0 Å². The van der Waals surface area contributed by atoms with Gasteiger partial charge in [-0.3, -0.25) is 0 Å². The molecule has 0 saturated carbocycles. The van der Waals surface area contributed by atoms with Gasteiger partial charge in [-0.15, -0.1) is 0 Å². The summed E-state index contributed by atoms with van der Waals surface area (Å²) in [7, 11) is 0. The van der Waals surface area contributed by atoms with E-state index >= 15 is 0 Å². The second kappa shape index (κ2) is 5.70. The molecule has 0 aliphatic carbocycles. The number of hydrogen-bond donors (Lipinski definition) is 1. The largest absolute Gasteiger partial charge is 0.326 e. The van der Waals surface area contributed by atoms with Crippen molar-refractivity contribution in [1.29, 1.82) is 0 Å². The van der Waals surface area contributed by atoms with Crippen molar-refractivity contribution in [2.45, 2.75) is 32.4 Å². The van der Waals surface area contributed by atoms with Crippen molar-refractivity contribution in [3.05, 3.63) is 66.0 Å². The van der Waals surface area contributed by atoms with Gasteiger partial charge in [-0.2, -0.15) is 0 Å². The van der Waals surface area contributed by atoms with Gasteiger partial charge in [-0.25, -0.2) is 4.98 Å². The number of benzene rings is 2. The quantitative estimate of drug-likeness (QED) is 0.792. The van der Waals surface area contributed by atoms with Crippen LogP contribution >= 0.6 is 0 Å². The SMILES string of the molecule is CCC(N)C(c1cccc(C)c1)n1cnc2ccccc21. The third-order valence-corrected chi connectivity index (χ3v) is 4.04. The Hall–Kier alpha value is -2.13. The van der Waals surface area contributed by atoms with Gasteiger partial charge in [0.25, 0.3) is 0 Å². The van der Waals surface area contributed by atoms with Crippen molar-refractivity contribution in [3.63, 3.8) is 0 Å². The predicted octanol–water partition coefficient (Wildman–Crippen LogP) is 3.67. The van der Waals surface area contributed by atoms with E-state index in [1.165, 1.54) is 11.1 Å². The number of hydrogen-bond acceptors (Lipinski definition) is 2. The van der Waals surface area contributed by atoms with E-state index in [1.54, 1.807) is 0 Å². The molecule has 0 aliphatic rings.